The van der Waals surface area contributed by atoms with Gasteiger partial charge in [-0.1, -0.05) is 25.1 Å². The first-order valence-corrected chi connectivity index (χ1v) is 5.72. The topological polar surface area (TPSA) is 34.1 Å². The summed E-state index contributed by atoms with van der Waals surface area (Å²) < 4.78 is 22.2. The van der Waals surface area contributed by atoms with Crippen molar-refractivity contribution in [1.29, 1.82) is 0 Å². The average molecular weight is 195 g/mol. The molecule has 0 aliphatic heterocycles. The van der Waals surface area contributed by atoms with Gasteiger partial charge in [-0.05, 0) is 23.8 Å². The Morgan fingerprint density at radius 2 is 2.31 bits per heavy atom. The summed E-state index contributed by atoms with van der Waals surface area (Å²) >= 11 is 0. The second-order valence-electron chi connectivity index (χ2n) is 2.59. The largest absolute Gasteiger partial charge is 0.224 e. The standard InChI is InChI=1S/C10H11O2S/c1-2-13(11,12)9-8-10-6-4-3-5-7-10/h3-4,6-9H,2H2,1H3. The maximum Gasteiger partial charge on any atom is 0.171 e. The molecule has 0 spiro atoms. The predicted molar refractivity (Wildman–Crippen MR) is 53.8 cm³/mol. The molecule has 0 aliphatic rings. The Morgan fingerprint density at radius 3 is 2.85 bits per heavy atom. The van der Waals surface area contributed by atoms with Crippen LogP contribution in [-0.2, 0) is 9.84 Å². The minimum absolute atomic E-state index is 0.139. The van der Waals surface area contributed by atoms with Crippen molar-refractivity contribution in [3.05, 3.63) is 41.3 Å². The van der Waals surface area contributed by atoms with Crippen molar-refractivity contribution in [3.63, 3.8) is 0 Å². The zero-order valence-corrected chi connectivity index (χ0v) is 8.21. The van der Waals surface area contributed by atoms with Gasteiger partial charge in [0.05, 0.1) is 5.75 Å². The molecule has 0 atom stereocenters. The molecule has 0 fully saturated rings. The zero-order valence-electron chi connectivity index (χ0n) is 7.40. The molecule has 1 radical (unpaired) electrons. The van der Waals surface area contributed by atoms with Crippen LogP contribution in [0.3, 0.4) is 0 Å². The van der Waals surface area contributed by atoms with E-state index in [1.54, 1.807) is 25.1 Å². The van der Waals surface area contributed by atoms with E-state index in [4.69, 9.17) is 0 Å². The highest BCUT2D eigenvalue weighted by atomic mass is 32.2. The number of hydrogen-bond acceptors (Lipinski definition) is 2. The lowest BCUT2D eigenvalue weighted by Crippen LogP contribution is -1.96. The van der Waals surface area contributed by atoms with Gasteiger partial charge in [0.15, 0.2) is 9.84 Å². The van der Waals surface area contributed by atoms with Crippen LogP contribution in [-0.4, -0.2) is 14.2 Å². The fraction of sp³-hybridized carbons (Fsp3) is 0.200. The second kappa shape index (κ2) is 4.23. The summed E-state index contributed by atoms with van der Waals surface area (Å²) in [4.78, 5) is 0. The fourth-order valence-electron chi connectivity index (χ4n) is 0.789. The van der Waals surface area contributed by atoms with Gasteiger partial charge in [0.25, 0.3) is 0 Å². The van der Waals surface area contributed by atoms with Crippen LogP contribution in [0, 0.1) is 6.07 Å². The predicted octanol–water partition coefficient (Wildman–Crippen LogP) is 1.89. The Kier molecular flexibility index (Phi) is 3.25. The third-order valence-electron chi connectivity index (χ3n) is 1.60. The minimum Gasteiger partial charge on any atom is -0.224 e. The third-order valence-corrected chi connectivity index (χ3v) is 2.96. The van der Waals surface area contributed by atoms with E-state index in [1.807, 2.05) is 12.1 Å². The van der Waals surface area contributed by atoms with Gasteiger partial charge in [-0.3, -0.25) is 0 Å². The van der Waals surface area contributed by atoms with Crippen LogP contribution < -0.4 is 0 Å². The number of benzene rings is 1. The van der Waals surface area contributed by atoms with E-state index in [1.165, 1.54) is 5.41 Å². The smallest absolute Gasteiger partial charge is 0.171 e. The van der Waals surface area contributed by atoms with E-state index in [0.717, 1.165) is 5.56 Å². The highest BCUT2D eigenvalue weighted by molar-refractivity contribution is 7.94. The Morgan fingerprint density at radius 1 is 1.54 bits per heavy atom. The molecule has 0 unspecified atom stereocenters. The lowest BCUT2D eigenvalue weighted by atomic mass is 10.2. The Balaban J connectivity index is 2.82. The van der Waals surface area contributed by atoms with Crippen molar-refractivity contribution in [2.24, 2.45) is 0 Å². The SMILES string of the molecule is CCS(=O)(=O)C=Cc1c[c]ccc1. The number of sulfone groups is 1. The molecular weight excluding hydrogens is 184 g/mol. The van der Waals surface area contributed by atoms with E-state index in [-0.39, 0.29) is 5.75 Å². The van der Waals surface area contributed by atoms with Crippen LogP contribution in [0.4, 0.5) is 0 Å². The maximum atomic E-state index is 11.1. The maximum absolute atomic E-state index is 11.1. The van der Waals surface area contributed by atoms with Crippen LogP contribution in [0.25, 0.3) is 6.08 Å². The van der Waals surface area contributed by atoms with Crippen LogP contribution in [0.1, 0.15) is 12.5 Å². The summed E-state index contributed by atoms with van der Waals surface area (Å²) in [6.45, 7) is 1.62. The van der Waals surface area contributed by atoms with Crippen molar-refractivity contribution in [2.45, 2.75) is 6.92 Å². The Hall–Kier alpha value is -1.09. The summed E-state index contributed by atoms with van der Waals surface area (Å²) in [5.74, 6) is 0.139. The highest BCUT2D eigenvalue weighted by Crippen LogP contribution is 2.02. The Labute approximate surface area is 78.8 Å². The first-order chi connectivity index (χ1) is 6.14. The monoisotopic (exact) mass is 195 g/mol. The molecule has 0 N–H and O–H groups in total. The molecule has 3 heteroatoms. The molecular formula is C10H11O2S. The number of hydrogen-bond donors (Lipinski definition) is 0. The molecule has 0 amide bonds. The van der Waals surface area contributed by atoms with Crippen molar-refractivity contribution in [1.82, 2.24) is 0 Å². The summed E-state index contributed by atoms with van der Waals surface area (Å²) in [5, 5.41) is 1.23. The van der Waals surface area contributed by atoms with Crippen LogP contribution >= 0.6 is 0 Å². The van der Waals surface area contributed by atoms with Crippen molar-refractivity contribution in [2.75, 3.05) is 5.75 Å². The third kappa shape index (κ3) is 3.42. The molecule has 1 aromatic carbocycles. The molecule has 69 valence electrons. The first kappa shape index (κ1) is 9.99. The molecule has 0 saturated carbocycles. The average Bonchev–Trinajstić information content (AvgIpc) is 2.17. The van der Waals surface area contributed by atoms with Gasteiger partial charge in [-0.25, -0.2) is 8.42 Å². The second-order valence-corrected chi connectivity index (χ2v) is 4.77. The van der Waals surface area contributed by atoms with E-state index >= 15 is 0 Å². The lowest BCUT2D eigenvalue weighted by molar-refractivity contribution is 0.606. The van der Waals surface area contributed by atoms with Gasteiger partial charge in [0.2, 0.25) is 0 Å². The van der Waals surface area contributed by atoms with Crippen molar-refractivity contribution < 1.29 is 8.42 Å². The van der Waals surface area contributed by atoms with Crippen molar-refractivity contribution >= 4 is 15.9 Å². The summed E-state index contributed by atoms with van der Waals surface area (Å²) in [5.41, 5.74) is 0.847. The first-order valence-electron chi connectivity index (χ1n) is 4.01. The molecule has 2 nitrogen and oxygen atoms in total. The van der Waals surface area contributed by atoms with Crippen LogP contribution in [0.5, 0.6) is 0 Å². The molecule has 0 bridgehead atoms. The Bertz CT molecular complexity index is 377. The van der Waals surface area contributed by atoms with Crippen LogP contribution in [0.2, 0.25) is 0 Å². The van der Waals surface area contributed by atoms with E-state index < -0.39 is 9.84 Å². The van der Waals surface area contributed by atoms with Gasteiger partial charge in [0.1, 0.15) is 0 Å². The summed E-state index contributed by atoms with van der Waals surface area (Å²) in [6, 6.07) is 10.0. The molecule has 0 saturated heterocycles. The van der Waals surface area contributed by atoms with E-state index in [0.29, 0.717) is 0 Å². The highest BCUT2D eigenvalue weighted by Gasteiger charge is 1.99. The molecule has 0 aliphatic carbocycles. The van der Waals surface area contributed by atoms with Gasteiger partial charge in [-0.15, -0.1) is 0 Å². The van der Waals surface area contributed by atoms with Gasteiger partial charge < -0.3 is 0 Å². The van der Waals surface area contributed by atoms with Crippen LogP contribution in [0.15, 0.2) is 29.7 Å². The lowest BCUT2D eigenvalue weighted by Gasteiger charge is -1.92. The van der Waals surface area contributed by atoms with E-state index in [2.05, 4.69) is 6.07 Å². The molecule has 1 aromatic rings. The van der Waals surface area contributed by atoms with Gasteiger partial charge >= 0.3 is 0 Å². The normalized spacial score (nSPS) is 12.1. The summed E-state index contributed by atoms with van der Waals surface area (Å²) in [7, 11) is -3.01. The molecule has 1 rings (SSSR count). The summed E-state index contributed by atoms with van der Waals surface area (Å²) in [6.07, 6.45) is 1.58. The quantitative estimate of drug-likeness (QED) is 0.738. The molecule has 13 heavy (non-hydrogen) atoms. The zero-order chi connectivity index (χ0) is 9.73. The van der Waals surface area contributed by atoms with E-state index in [9.17, 15) is 8.42 Å². The fourth-order valence-corrected chi connectivity index (χ4v) is 1.35. The van der Waals surface area contributed by atoms with Gasteiger partial charge in [0, 0.05) is 5.41 Å². The minimum atomic E-state index is -3.01. The van der Waals surface area contributed by atoms with Gasteiger partial charge in [-0.2, -0.15) is 0 Å². The molecule has 0 heterocycles. The molecule has 0 aromatic heterocycles. The number of rotatable bonds is 3. The van der Waals surface area contributed by atoms with Crippen molar-refractivity contribution in [3.8, 4) is 0 Å².